The van der Waals surface area contributed by atoms with Crippen molar-refractivity contribution < 1.29 is 24.2 Å². The lowest BCUT2D eigenvalue weighted by Gasteiger charge is -2.38. The lowest BCUT2D eigenvalue weighted by atomic mass is 9.65. The van der Waals surface area contributed by atoms with Gasteiger partial charge in [-0.3, -0.25) is 14.4 Å². The topological polar surface area (TPSA) is 111 Å². The van der Waals surface area contributed by atoms with Crippen molar-refractivity contribution in [1.82, 2.24) is 10.2 Å². The fourth-order valence-corrected chi connectivity index (χ4v) is 7.24. The largest absolute Gasteiger partial charge is 0.394 e. The molecule has 3 N–H and O–H groups in total. The number of hydrogen-bond donors (Lipinski definition) is 3. The van der Waals surface area contributed by atoms with Crippen LogP contribution in [0.5, 0.6) is 0 Å². The van der Waals surface area contributed by atoms with Crippen molar-refractivity contribution in [3.63, 3.8) is 0 Å². The number of ether oxygens (including phenoxy) is 1. The lowest BCUT2D eigenvalue weighted by Crippen LogP contribution is -2.57. The fraction of sp³-hybridized carbons (Fsp3) is 0.700. The van der Waals surface area contributed by atoms with Crippen LogP contribution in [0.1, 0.15) is 67.2 Å². The zero-order valence-corrected chi connectivity index (χ0v) is 24.3. The molecule has 1 aromatic carbocycles. The highest BCUT2D eigenvalue weighted by Crippen LogP contribution is 2.64. The molecule has 1 spiro atoms. The molecular formula is C30H46N4O5. The average Bonchev–Trinajstić information content (AvgIpc) is 3.53. The number of likely N-dealkylation sites (tertiary alicyclic amines) is 1. The van der Waals surface area contributed by atoms with E-state index in [4.69, 9.17) is 4.74 Å². The number of benzene rings is 1. The highest BCUT2D eigenvalue weighted by Gasteiger charge is 2.79. The number of rotatable bonds is 12. The summed E-state index contributed by atoms with van der Waals surface area (Å²) in [5.41, 5.74) is -0.198. The van der Waals surface area contributed by atoms with Gasteiger partial charge in [0.2, 0.25) is 17.7 Å². The minimum Gasteiger partial charge on any atom is -0.394 e. The summed E-state index contributed by atoms with van der Waals surface area (Å²) in [4.78, 5) is 45.7. The quantitative estimate of drug-likeness (QED) is 0.374. The molecule has 0 saturated carbocycles. The maximum Gasteiger partial charge on any atom is 0.250 e. The summed E-state index contributed by atoms with van der Waals surface area (Å²) in [6.45, 7) is 14.0. The summed E-state index contributed by atoms with van der Waals surface area (Å²) < 4.78 is 6.79. The molecule has 0 aliphatic carbocycles. The molecule has 3 aliphatic heterocycles. The third kappa shape index (κ3) is 4.71. The third-order valence-electron chi connectivity index (χ3n) is 9.28. The number of amides is 3. The minimum atomic E-state index is -1.12. The second-order valence-corrected chi connectivity index (χ2v) is 11.6. The first-order valence-electron chi connectivity index (χ1n) is 14.7. The summed E-state index contributed by atoms with van der Waals surface area (Å²) >= 11 is 0. The number of fused-ring (bicyclic) bond motifs is 1. The van der Waals surface area contributed by atoms with Gasteiger partial charge in [-0.1, -0.05) is 27.7 Å². The van der Waals surface area contributed by atoms with Crippen molar-refractivity contribution in [2.45, 2.75) is 90.5 Å². The van der Waals surface area contributed by atoms with Gasteiger partial charge >= 0.3 is 0 Å². The molecule has 3 heterocycles. The zero-order valence-electron chi connectivity index (χ0n) is 24.3. The third-order valence-corrected chi connectivity index (χ3v) is 9.28. The molecule has 4 rings (SSSR count). The number of nitrogens with one attached hydrogen (secondary N) is 2. The van der Waals surface area contributed by atoms with Crippen LogP contribution in [0.25, 0.3) is 0 Å². The number of anilines is 2. The Morgan fingerprint density at radius 1 is 1.10 bits per heavy atom. The number of nitrogens with zero attached hydrogens (tertiary/aromatic N) is 2. The van der Waals surface area contributed by atoms with Gasteiger partial charge in [0.1, 0.15) is 11.6 Å². The predicted octanol–water partition coefficient (Wildman–Crippen LogP) is 3.17. The highest BCUT2D eigenvalue weighted by atomic mass is 16.5. The number of carbonyl (C=O) groups excluding carboxylic acids is 3. The number of aliphatic hydroxyl groups is 1. The molecular weight excluding hydrogens is 496 g/mol. The first-order chi connectivity index (χ1) is 18.6. The molecule has 0 aromatic heterocycles. The van der Waals surface area contributed by atoms with Crippen LogP contribution in [-0.4, -0.2) is 77.3 Å². The van der Waals surface area contributed by atoms with Gasteiger partial charge in [0.05, 0.1) is 30.1 Å². The fourth-order valence-electron chi connectivity index (χ4n) is 7.24. The molecule has 9 heteroatoms. The second kappa shape index (κ2) is 11.5. The van der Waals surface area contributed by atoms with Gasteiger partial charge in [-0.05, 0) is 69.7 Å². The van der Waals surface area contributed by atoms with Crippen LogP contribution in [0.3, 0.4) is 0 Å². The van der Waals surface area contributed by atoms with E-state index in [2.05, 4.69) is 29.4 Å². The van der Waals surface area contributed by atoms with Gasteiger partial charge in [0.15, 0.2) is 0 Å². The average molecular weight is 543 g/mol. The zero-order chi connectivity index (χ0) is 28.5. The van der Waals surface area contributed by atoms with Gasteiger partial charge in [-0.25, -0.2) is 0 Å². The molecule has 2 unspecified atom stereocenters. The SMILES string of the molecule is CCCNC(=O)[C@H]1[C@H]2C(=O)N([C@@H](CO)C(C)C)C(C(=O)Nc3ccc(N(CC)CC)cc3)C23CC[C@]1(CC)O3. The molecule has 216 valence electrons. The van der Waals surface area contributed by atoms with E-state index >= 15 is 0 Å². The smallest absolute Gasteiger partial charge is 0.250 e. The van der Waals surface area contributed by atoms with E-state index < -0.39 is 35.1 Å². The molecule has 3 aliphatic rings. The molecule has 3 fully saturated rings. The second-order valence-electron chi connectivity index (χ2n) is 11.6. The van der Waals surface area contributed by atoms with E-state index in [9.17, 15) is 19.5 Å². The van der Waals surface area contributed by atoms with Gasteiger partial charge in [-0.15, -0.1) is 0 Å². The van der Waals surface area contributed by atoms with Crippen molar-refractivity contribution in [3.05, 3.63) is 24.3 Å². The van der Waals surface area contributed by atoms with Crippen molar-refractivity contribution in [2.75, 3.05) is 36.5 Å². The van der Waals surface area contributed by atoms with Crippen LogP contribution >= 0.6 is 0 Å². The summed E-state index contributed by atoms with van der Waals surface area (Å²) in [5.74, 6) is -2.33. The van der Waals surface area contributed by atoms with Crippen LogP contribution in [0, 0.1) is 17.8 Å². The van der Waals surface area contributed by atoms with E-state index in [1.54, 1.807) is 4.90 Å². The van der Waals surface area contributed by atoms with E-state index in [0.717, 1.165) is 25.2 Å². The maximum atomic E-state index is 14.2. The Balaban J connectivity index is 1.73. The van der Waals surface area contributed by atoms with Crippen LogP contribution in [0.4, 0.5) is 11.4 Å². The summed E-state index contributed by atoms with van der Waals surface area (Å²) in [5, 5.41) is 16.4. The van der Waals surface area contributed by atoms with E-state index in [0.29, 0.717) is 31.5 Å². The Morgan fingerprint density at radius 3 is 2.31 bits per heavy atom. The van der Waals surface area contributed by atoms with Gasteiger partial charge in [0, 0.05) is 31.0 Å². The monoisotopic (exact) mass is 542 g/mol. The van der Waals surface area contributed by atoms with Gasteiger partial charge < -0.3 is 30.3 Å². The first-order valence-corrected chi connectivity index (χ1v) is 14.7. The molecule has 0 radical (unpaired) electrons. The molecule has 2 bridgehead atoms. The Hall–Kier alpha value is -2.65. The summed E-state index contributed by atoms with van der Waals surface area (Å²) in [6, 6.07) is 6.17. The summed E-state index contributed by atoms with van der Waals surface area (Å²) in [7, 11) is 0. The van der Waals surface area contributed by atoms with E-state index in [1.165, 1.54) is 0 Å². The van der Waals surface area contributed by atoms with Crippen LogP contribution in [0.2, 0.25) is 0 Å². The van der Waals surface area contributed by atoms with Gasteiger partial charge in [0.25, 0.3) is 0 Å². The van der Waals surface area contributed by atoms with Crippen LogP contribution < -0.4 is 15.5 Å². The summed E-state index contributed by atoms with van der Waals surface area (Å²) in [6.07, 6.45) is 2.49. The molecule has 3 saturated heterocycles. The minimum absolute atomic E-state index is 0.0949. The molecule has 9 nitrogen and oxygen atoms in total. The van der Waals surface area contributed by atoms with Crippen molar-refractivity contribution >= 4 is 29.1 Å². The van der Waals surface area contributed by atoms with E-state index in [1.807, 2.05) is 52.0 Å². The molecule has 6 atom stereocenters. The molecule has 39 heavy (non-hydrogen) atoms. The number of carbonyl (C=O) groups is 3. The standard InChI is InChI=1S/C30H46N4O5/c1-7-17-31-26(36)23-24-28(38)34(22(18-35)19(5)6)25(30(24)16-15-29(23,8-2)39-30)27(37)32-20-11-13-21(14-12-20)33(9-3)10-4/h11-14,19,22-25,35H,7-10,15-18H2,1-6H3,(H,31,36)(H,32,37)/t22-,23+,24-,25?,29-,30?/m0/s1. The molecule has 3 amide bonds. The predicted molar refractivity (Wildman–Crippen MR) is 151 cm³/mol. The van der Waals surface area contributed by atoms with Crippen LogP contribution in [-0.2, 0) is 19.1 Å². The first kappa shape index (κ1) is 29.3. The Morgan fingerprint density at radius 2 is 1.77 bits per heavy atom. The lowest BCUT2D eigenvalue weighted by molar-refractivity contribution is -0.150. The van der Waals surface area contributed by atoms with Gasteiger partial charge in [-0.2, -0.15) is 0 Å². The normalized spacial score (nSPS) is 30.0. The van der Waals surface area contributed by atoms with Crippen molar-refractivity contribution in [1.29, 1.82) is 0 Å². The molecule has 1 aromatic rings. The number of aliphatic hydroxyl groups excluding tert-OH is 1. The van der Waals surface area contributed by atoms with E-state index in [-0.39, 0.29) is 30.2 Å². The highest BCUT2D eigenvalue weighted by molar-refractivity contribution is 6.04. The Labute approximate surface area is 232 Å². The maximum absolute atomic E-state index is 14.2. The Bertz CT molecular complexity index is 1060. The number of hydrogen-bond acceptors (Lipinski definition) is 6. The van der Waals surface area contributed by atoms with Crippen molar-refractivity contribution in [2.24, 2.45) is 17.8 Å². The Kier molecular flexibility index (Phi) is 8.61. The van der Waals surface area contributed by atoms with Crippen LogP contribution in [0.15, 0.2) is 24.3 Å². The van der Waals surface area contributed by atoms with Crippen molar-refractivity contribution in [3.8, 4) is 0 Å².